The van der Waals surface area contributed by atoms with Crippen molar-refractivity contribution in [2.24, 2.45) is 0 Å². The number of amides is 1. The molecule has 1 amide bonds. The predicted molar refractivity (Wildman–Crippen MR) is 78.6 cm³/mol. The molecule has 5 nitrogen and oxygen atoms in total. The lowest BCUT2D eigenvalue weighted by Gasteiger charge is -2.25. The molecule has 0 bridgehead atoms. The molecular formula is C16H19NO4. The largest absolute Gasteiger partial charge is 0.493 e. The summed E-state index contributed by atoms with van der Waals surface area (Å²) in [6, 6.07) is 3.69. The minimum Gasteiger partial charge on any atom is -0.493 e. The van der Waals surface area contributed by atoms with Crippen LogP contribution in [0.3, 0.4) is 0 Å². The van der Waals surface area contributed by atoms with Crippen LogP contribution in [0.5, 0.6) is 17.2 Å². The topological polar surface area (TPSA) is 48.0 Å². The summed E-state index contributed by atoms with van der Waals surface area (Å²) in [5.41, 5.74) is 0.862. The summed E-state index contributed by atoms with van der Waals surface area (Å²) >= 11 is 0. The van der Waals surface area contributed by atoms with Gasteiger partial charge in [-0.3, -0.25) is 4.79 Å². The molecular weight excluding hydrogens is 270 g/mol. The Morgan fingerprint density at radius 1 is 1.24 bits per heavy atom. The molecule has 1 fully saturated rings. The molecule has 1 saturated heterocycles. The monoisotopic (exact) mass is 289 g/mol. The maximum Gasteiger partial charge on any atom is 0.246 e. The summed E-state index contributed by atoms with van der Waals surface area (Å²) in [5.74, 6) is 1.96. The Kier molecular flexibility index (Phi) is 3.99. The maximum atomic E-state index is 12.1. The van der Waals surface area contributed by atoms with Crippen molar-refractivity contribution < 1.29 is 19.0 Å². The lowest BCUT2D eigenvalue weighted by Crippen LogP contribution is -2.34. The molecule has 0 aromatic heterocycles. The number of hydrogen-bond donors (Lipinski definition) is 0. The zero-order valence-corrected chi connectivity index (χ0v) is 12.1. The van der Waals surface area contributed by atoms with E-state index in [4.69, 9.17) is 14.2 Å². The molecule has 0 aliphatic carbocycles. The van der Waals surface area contributed by atoms with Gasteiger partial charge in [0.15, 0.2) is 11.5 Å². The average Bonchev–Trinajstić information content (AvgIpc) is 3.01. The zero-order chi connectivity index (χ0) is 14.7. The average molecular weight is 289 g/mol. The number of carbonyl (C=O) groups excluding carboxylic acids is 1. The number of carbonyl (C=O) groups is 1. The van der Waals surface area contributed by atoms with E-state index in [9.17, 15) is 4.79 Å². The van der Waals surface area contributed by atoms with Gasteiger partial charge in [-0.15, -0.1) is 0 Å². The van der Waals surface area contributed by atoms with Gasteiger partial charge in [0, 0.05) is 19.2 Å². The van der Waals surface area contributed by atoms with Crippen LogP contribution in [-0.4, -0.2) is 37.8 Å². The number of ether oxygens (including phenoxy) is 3. The van der Waals surface area contributed by atoms with E-state index in [1.54, 1.807) is 19.3 Å². The highest BCUT2D eigenvalue weighted by atomic mass is 16.7. The van der Waals surface area contributed by atoms with Crippen LogP contribution in [-0.2, 0) is 4.79 Å². The molecule has 3 rings (SSSR count). The summed E-state index contributed by atoms with van der Waals surface area (Å²) in [4.78, 5) is 14.0. The van der Waals surface area contributed by atoms with E-state index in [2.05, 4.69) is 0 Å². The highest BCUT2D eigenvalue weighted by molar-refractivity contribution is 5.92. The van der Waals surface area contributed by atoms with Gasteiger partial charge in [0.2, 0.25) is 18.4 Å². The second kappa shape index (κ2) is 6.08. The molecule has 21 heavy (non-hydrogen) atoms. The summed E-state index contributed by atoms with van der Waals surface area (Å²) in [6.45, 7) is 1.91. The smallest absolute Gasteiger partial charge is 0.246 e. The molecule has 0 spiro atoms. The Morgan fingerprint density at radius 2 is 2.05 bits per heavy atom. The molecule has 112 valence electrons. The first-order valence-corrected chi connectivity index (χ1v) is 7.22. The summed E-state index contributed by atoms with van der Waals surface area (Å²) < 4.78 is 16.0. The second-order valence-corrected chi connectivity index (χ2v) is 5.18. The lowest BCUT2D eigenvalue weighted by molar-refractivity contribution is -0.126. The van der Waals surface area contributed by atoms with Gasteiger partial charge in [-0.2, -0.15) is 0 Å². The maximum absolute atomic E-state index is 12.1. The van der Waals surface area contributed by atoms with Crippen LogP contribution in [0.2, 0.25) is 0 Å². The van der Waals surface area contributed by atoms with Gasteiger partial charge in [0.05, 0.1) is 7.11 Å². The van der Waals surface area contributed by atoms with E-state index in [0.29, 0.717) is 17.2 Å². The van der Waals surface area contributed by atoms with Gasteiger partial charge in [0.1, 0.15) is 0 Å². The standard InChI is InChI=1S/C16H19NO4/c1-19-13-9-12(10-14-16(13)21-11-20-14)5-6-15(18)17-7-3-2-4-8-17/h5-6,9-10H,2-4,7-8,11H2,1H3/b6-5+. The Balaban J connectivity index is 1.75. The molecule has 0 radical (unpaired) electrons. The van der Waals surface area contributed by atoms with Crippen LogP contribution < -0.4 is 14.2 Å². The summed E-state index contributed by atoms with van der Waals surface area (Å²) in [6.07, 6.45) is 6.81. The minimum atomic E-state index is 0.0614. The highest BCUT2D eigenvalue weighted by Gasteiger charge is 2.19. The van der Waals surface area contributed by atoms with Crippen LogP contribution in [0.25, 0.3) is 6.08 Å². The number of fused-ring (bicyclic) bond motifs is 1. The Morgan fingerprint density at radius 3 is 2.81 bits per heavy atom. The van der Waals surface area contributed by atoms with Crippen molar-refractivity contribution in [3.8, 4) is 17.2 Å². The van der Waals surface area contributed by atoms with Crippen LogP contribution in [0.4, 0.5) is 0 Å². The van der Waals surface area contributed by atoms with Crippen molar-refractivity contribution in [2.75, 3.05) is 27.0 Å². The van der Waals surface area contributed by atoms with Crippen LogP contribution in [0.1, 0.15) is 24.8 Å². The number of piperidine rings is 1. The van der Waals surface area contributed by atoms with Crippen molar-refractivity contribution in [1.82, 2.24) is 4.90 Å². The molecule has 2 aliphatic heterocycles. The minimum absolute atomic E-state index is 0.0614. The van der Waals surface area contributed by atoms with Gasteiger partial charge >= 0.3 is 0 Å². The summed E-state index contributed by atoms with van der Waals surface area (Å²) in [5, 5.41) is 0. The van der Waals surface area contributed by atoms with Gasteiger partial charge < -0.3 is 19.1 Å². The molecule has 5 heteroatoms. The third-order valence-corrected chi connectivity index (χ3v) is 3.77. The summed E-state index contributed by atoms with van der Waals surface area (Å²) in [7, 11) is 1.59. The Bertz CT molecular complexity index is 562. The molecule has 0 unspecified atom stereocenters. The van der Waals surface area contributed by atoms with E-state index in [1.807, 2.05) is 17.0 Å². The van der Waals surface area contributed by atoms with E-state index in [1.165, 1.54) is 6.42 Å². The first-order chi connectivity index (χ1) is 10.3. The highest BCUT2D eigenvalue weighted by Crippen LogP contribution is 2.42. The number of nitrogens with zero attached hydrogens (tertiary/aromatic N) is 1. The lowest BCUT2D eigenvalue weighted by atomic mass is 10.1. The first kappa shape index (κ1) is 13.8. The fourth-order valence-electron chi connectivity index (χ4n) is 2.63. The molecule has 0 N–H and O–H groups in total. The molecule has 1 aromatic carbocycles. The Labute approximate surface area is 124 Å². The van der Waals surface area contributed by atoms with E-state index in [0.717, 1.165) is 31.5 Å². The van der Waals surface area contributed by atoms with Crippen molar-refractivity contribution in [2.45, 2.75) is 19.3 Å². The molecule has 2 aliphatic rings. The van der Waals surface area contributed by atoms with Crippen LogP contribution in [0, 0.1) is 0 Å². The van der Waals surface area contributed by atoms with Crippen molar-refractivity contribution in [3.05, 3.63) is 23.8 Å². The number of benzene rings is 1. The number of likely N-dealkylation sites (tertiary alicyclic amines) is 1. The Hall–Kier alpha value is -2.17. The first-order valence-electron chi connectivity index (χ1n) is 7.22. The SMILES string of the molecule is COc1cc(/C=C/C(=O)N2CCCCC2)cc2c1OCO2. The van der Waals surface area contributed by atoms with Crippen molar-refractivity contribution in [1.29, 1.82) is 0 Å². The fraction of sp³-hybridized carbons (Fsp3) is 0.438. The van der Waals surface area contributed by atoms with E-state index < -0.39 is 0 Å². The number of methoxy groups -OCH3 is 1. The molecule has 1 aromatic rings. The third-order valence-electron chi connectivity index (χ3n) is 3.77. The fourth-order valence-corrected chi connectivity index (χ4v) is 2.63. The van der Waals surface area contributed by atoms with Gasteiger partial charge in [-0.25, -0.2) is 0 Å². The van der Waals surface area contributed by atoms with Gasteiger partial charge in [0.25, 0.3) is 0 Å². The normalized spacial score (nSPS) is 17.3. The molecule has 2 heterocycles. The van der Waals surface area contributed by atoms with Crippen molar-refractivity contribution >= 4 is 12.0 Å². The van der Waals surface area contributed by atoms with E-state index in [-0.39, 0.29) is 12.7 Å². The van der Waals surface area contributed by atoms with Gasteiger partial charge in [-0.1, -0.05) is 0 Å². The third kappa shape index (κ3) is 2.96. The second-order valence-electron chi connectivity index (χ2n) is 5.18. The zero-order valence-electron chi connectivity index (χ0n) is 12.1. The molecule has 0 saturated carbocycles. The molecule has 0 atom stereocenters. The quantitative estimate of drug-likeness (QED) is 0.802. The number of rotatable bonds is 3. The van der Waals surface area contributed by atoms with E-state index >= 15 is 0 Å². The van der Waals surface area contributed by atoms with Crippen LogP contribution in [0.15, 0.2) is 18.2 Å². The predicted octanol–water partition coefficient (Wildman–Crippen LogP) is 2.45. The number of hydrogen-bond acceptors (Lipinski definition) is 4. The van der Waals surface area contributed by atoms with Crippen molar-refractivity contribution in [3.63, 3.8) is 0 Å². The van der Waals surface area contributed by atoms with Gasteiger partial charge in [-0.05, 0) is 43.0 Å². The van der Waals surface area contributed by atoms with Crippen LogP contribution >= 0.6 is 0 Å².